The van der Waals surface area contributed by atoms with Gasteiger partial charge in [0.15, 0.2) is 0 Å². The zero-order valence-corrected chi connectivity index (χ0v) is 19.6. The van der Waals surface area contributed by atoms with Gasteiger partial charge in [-0.2, -0.15) is 0 Å². The van der Waals surface area contributed by atoms with Crippen molar-refractivity contribution in [2.45, 2.75) is 71.6 Å². The Morgan fingerprint density at radius 1 is 0.844 bits per heavy atom. The van der Waals surface area contributed by atoms with Crippen molar-refractivity contribution in [1.29, 1.82) is 0 Å². The molecule has 1 heteroatoms. The molecule has 3 aromatic rings. The van der Waals surface area contributed by atoms with Gasteiger partial charge in [0.2, 0.25) is 0 Å². The third-order valence-corrected chi connectivity index (χ3v) is 7.11. The van der Waals surface area contributed by atoms with Crippen LogP contribution in [0.25, 0.3) is 10.8 Å². The fraction of sp³-hybridized carbons (Fsp3) is 0.419. The van der Waals surface area contributed by atoms with Crippen LogP contribution in [0.2, 0.25) is 0 Å². The quantitative estimate of drug-likeness (QED) is 0.347. The summed E-state index contributed by atoms with van der Waals surface area (Å²) in [7, 11) is 0. The van der Waals surface area contributed by atoms with E-state index in [-0.39, 0.29) is 5.82 Å². The smallest absolute Gasteiger partial charge is 0.146 e. The molecule has 1 saturated carbocycles. The Labute approximate surface area is 193 Å². The van der Waals surface area contributed by atoms with Gasteiger partial charge < -0.3 is 0 Å². The van der Waals surface area contributed by atoms with Gasteiger partial charge in [0, 0.05) is 10.9 Å². The van der Waals surface area contributed by atoms with Gasteiger partial charge in [0.25, 0.3) is 0 Å². The van der Waals surface area contributed by atoms with E-state index in [1.807, 2.05) is 30.3 Å². The van der Waals surface area contributed by atoms with Gasteiger partial charge in [-0.05, 0) is 72.2 Å². The van der Waals surface area contributed by atoms with Gasteiger partial charge in [-0.3, -0.25) is 0 Å². The average Bonchev–Trinajstić information content (AvgIpc) is 2.82. The number of benzene rings is 3. The summed E-state index contributed by atoms with van der Waals surface area (Å²) in [5.74, 6) is 7.73. The normalized spacial score (nSPS) is 18.3. The lowest BCUT2D eigenvalue weighted by molar-refractivity contribution is 0.278. The summed E-state index contributed by atoms with van der Waals surface area (Å²) in [4.78, 5) is 0. The topological polar surface area (TPSA) is 0 Å². The van der Waals surface area contributed by atoms with Crippen molar-refractivity contribution in [2.24, 2.45) is 11.8 Å². The van der Waals surface area contributed by atoms with E-state index < -0.39 is 0 Å². The Hall–Kier alpha value is -2.59. The summed E-state index contributed by atoms with van der Waals surface area (Å²) < 4.78 is 15.1. The Balaban J connectivity index is 1.44. The van der Waals surface area contributed by atoms with Crippen molar-refractivity contribution in [3.63, 3.8) is 0 Å². The van der Waals surface area contributed by atoms with Crippen molar-refractivity contribution in [2.75, 3.05) is 0 Å². The summed E-state index contributed by atoms with van der Waals surface area (Å²) >= 11 is 0. The minimum Gasteiger partial charge on any atom is -0.205 e. The number of hydrogen-bond donors (Lipinski definition) is 0. The molecular formula is C31H35F. The molecule has 0 nitrogen and oxygen atoms in total. The van der Waals surface area contributed by atoms with Gasteiger partial charge in [0.1, 0.15) is 5.82 Å². The fourth-order valence-electron chi connectivity index (χ4n) is 4.86. The highest BCUT2D eigenvalue weighted by atomic mass is 19.1. The molecule has 0 spiro atoms. The van der Waals surface area contributed by atoms with E-state index in [0.717, 1.165) is 35.6 Å². The molecule has 32 heavy (non-hydrogen) atoms. The maximum Gasteiger partial charge on any atom is 0.146 e. The molecule has 166 valence electrons. The highest BCUT2D eigenvalue weighted by Crippen LogP contribution is 2.31. The molecule has 0 amide bonds. The van der Waals surface area contributed by atoms with Crippen molar-refractivity contribution >= 4 is 10.8 Å². The number of halogens is 1. The van der Waals surface area contributed by atoms with Crippen LogP contribution in [0, 0.1) is 29.5 Å². The SMILES string of the molecule is CCCCc1ccc(C#Cc2ccc3cc(CCC4CCC(C)CC4)ccc3c2F)cc1. The second-order valence-corrected chi connectivity index (χ2v) is 9.70. The summed E-state index contributed by atoms with van der Waals surface area (Å²) in [6.45, 7) is 4.58. The summed E-state index contributed by atoms with van der Waals surface area (Å²) in [6.07, 6.45) is 11.3. The Morgan fingerprint density at radius 3 is 2.34 bits per heavy atom. The van der Waals surface area contributed by atoms with Gasteiger partial charge in [-0.1, -0.05) is 94.2 Å². The molecule has 3 aromatic carbocycles. The Bertz CT molecular complexity index is 1090. The predicted octanol–water partition coefficient (Wildman–Crippen LogP) is 8.48. The molecule has 1 aliphatic carbocycles. The van der Waals surface area contributed by atoms with Crippen LogP contribution in [0.4, 0.5) is 4.39 Å². The molecule has 0 N–H and O–H groups in total. The van der Waals surface area contributed by atoms with E-state index in [2.05, 4.69) is 50.0 Å². The maximum absolute atomic E-state index is 15.1. The van der Waals surface area contributed by atoms with E-state index >= 15 is 4.39 Å². The number of rotatable bonds is 6. The lowest BCUT2D eigenvalue weighted by Gasteiger charge is -2.26. The van der Waals surface area contributed by atoms with Crippen molar-refractivity contribution in [3.8, 4) is 11.8 Å². The highest BCUT2D eigenvalue weighted by Gasteiger charge is 2.18. The second kappa shape index (κ2) is 10.8. The number of unbranched alkanes of at least 4 members (excludes halogenated alkanes) is 1. The number of hydrogen-bond acceptors (Lipinski definition) is 0. The van der Waals surface area contributed by atoms with Crippen LogP contribution in [0.15, 0.2) is 54.6 Å². The minimum absolute atomic E-state index is 0.206. The molecule has 0 heterocycles. The standard InChI is InChI=1S/C31H35F/c1-3-4-5-24-10-12-26(13-11-24)16-18-28-19-20-29-22-27(17-21-30(29)31(28)32)15-14-25-8-6-23(2)7-9-25/h10-13,17,19-23,25H,3-9,14-15H2,1-2H3. The summed E-state index contributed by atoms with van der Waals surface area (Å²) in [5, 5.41) is 1.64. The van der Waals surface area contributed by atoms with Gasteiger partial charge in [0.05, 0.1) is 5.56 Å². The lowest BCUT2D eigenvalue weighted by atomic mass is 9.80. The summed E-state index contributed by atoms with van der Waals surface area (Å²) in [6, 6.07) is 18.4. The monoisotopic (exact) mass is 426 g/mol. The zero-order valence-electron chi connectivity index (χ0n) is 19.6. The molecule has 0 saturated heterocycles. The zero-order chi connectivity index (χ0) is 22.3. The first-order valence-corrected chi connectivity index (χ1v) is 12.4. The molecule has 0 bridgehead atoms. The molecule has 0 unspecified atom stereocenters. The van der Waals surface area contributed by atoms with Gasteiger partial charge in [-0.15, -0.1) is 0 Å². The first-order chi connectivity index (χ1) is 15.6. The van der Waals surface area contributed by atoms with Crippen LogP contribution < -0.4 is 0 Å². The first-order valence-electron chi connectivity index (χ1n) is 12.4. The Kier molecular flexibility index (Phi) is 7.64. The lowest BCUT2D eigenvalue weighted by Crippen LogP contribution is -2.12. The van der Waals surface area contributed by atoms with E-state index in [4.69, 9.17) is 0 Å². The number of fused-ring (bicyclic) bond motifs is 1. The minimum atomic E-state index is -0.206. The van der Waals surface area contributed by atoms with Gasteiger partial charge in [-0.25, -0.2) is 4.39 Å². The Morgan fingerprint density at radius 2 is 1.59 bits per heavy atom. The van der Waals surface area contributed by atoms with Crippen LogP contribution >= 0.6 is 0 Å². The van der Waals surface area contributed by atoms with Crippen LogP contribution in [-0.4, -0.2) is 0 Å². The molecule has 0 atom stereocenters. The molecule has 1 fully saturated rings. The summed E-state index contributed by atoms with van der Waals surface area (Å²) in [5.41, 5.74) is 4.05. The third kappa shape index (κ3) is 5.80. The van der Waals surface area contributed by atoms with Crippen molar-refractivity contribution in [3.05, 3.63) is 82.7 Å². The van der Waals surface area contributed by atoms with Crippen LogP contribution in [-0.2, 0) is 12.8 Å². The molecule has 0 aliphatic heterocycles. The van der Waals surface area contributed by atoms with Gasteiger partial charge >= 0.3 is 0 Å². The predicted molar refractivity (Wildman–Crippen MR) is 134 cm³/mol. The van der Waals surface area contributed by atoms with Crippen molar-refractivity contribution in [1.82, 2.24) is 0 Å². The first kappa shape index (κ1) is 22.6. The third-order valence-electron chi connectivity index (χ3n) is 7.11. The van der Waals surface area contributed by atoms with E-state index in [1.165, 1.54) is 56.1 Å². The van der Waals surface area contributed by atoms with E-state index in [0.29, 0.717) is 10.9 Å². The fourth-order valence-corrected chi connectivity index (χ4v) is 4.86. The highest BCUT2D eigenvalue weighted by molar-refractivity contribution is 5.85. The largest absolute Gasteiger partial charge is 0.205 e. The average molecular weight is 427 g/mol. The van der Waals surface area contributed by atoms with E-state index in [9.17, 15) is 0 Å². The van der Waals surface area contributed by atoms with Crippen LogP contribution in [0.5, 0.6) is 0 Å². The van der Waals surface area contributed by atoms with E-state index in [1.54, 1.807) is 0 Å². The molecule has 0 aromatic heterocycles. The second-order valence-electron chi connectivity index (χ2n) is 9.70. The van der Waals surface area contributed by atoms with Crippen LogP contribution in [0.1, 0.15) is 81.0 Å². The van der Waals surface area contributed by atoms with Crippen molar-refractivity contribution < 1.29 is 4.39 Å². The van der Waals surface area contributed by atoms with Crippen LogP contribution in [0.3, 0.4) is 0 Å². The molecule has 0 radical (unpaired) electrons. The molecule has 1 aliphatic rings. The number of aryl methyl sites for hydroxylation is 2. The maximum atomic E-state index is 15.1. The molecular weight excluding hydrogens is 391 g/mol. The molecule has 4 rings (SSSR count).